The molecule has 0 saturated carbocycles. The molecule has 1 aliphatic heterocycles. The van der Waals surface area contributed by atoms with Crippen molar-refractivity contribution in [3.05, 3.63) is 148 Å². The van der Waals surface area contributed by atoms with E-state index >= 15 is 0 Å². The second-order valence-corrected chi connectivity index (χ2v) is 15.0. The van der Waals surface area contributed by atoms with Gasteiger partial charge in [-0.2, -0.15) is 5.26 Å². The molecule has 9 nitrogen and oxygen atoms in total. The molecule has 0 bridgehead atoms. The number of amides is 3. The summed E-state index contributed by atoms with van der Waals surface area (Å²) in [5, 5.41) is 19.0. The third kappa shape index (κ3) is 9.85. The predicted molar refractivity (Wildman–Crippen MR) is 216 cm³/mol. The second kappa shape index (κ2) is 18.4. The molecule has 0 saturated heterocycles. The first kappa shape index (κ1) is 38.1. The van der Waals surface area contributed by atoms with Crippen LogP contribution in [0.1, 0.15) is 57.8 Å². The summed E-state index contributed by atoms with van der Waals surface area (Å²) in [7, 11) is 0. The van der Waals surface area contributed by atoms with Crippen LogP contribution in [0.15, 0.2) is 120 Å². The van der Waals surface area contributed by atoms with E-state index in [9.17, 15) is 19.6 Å². The molecule has 2 heterocycles. The number of thiophene rings is 1. The molecule has 0 radical (unpaired) electrons. The zero-order chi connectivity index (χ0) is 37.9. The first-order valence-corrected chi connectivity index (χ1v) is 19.5. The third-order valence-electron chi connectivity index (χ3n) is 8.80. The van der Waals surface area contributed by atoms with Gasteiger partial charge in [-0.25, -0.2) is 0 Å². The van der Waals surface area contributed by atoms with Gasteiger partial charge in [-0.3, -0.25) is 19.3 Å². The van der Waals surface area contributed by atoms with E-state index in [1.807, 2.05) is 62.4 Å². The predicted octanol–water partition coefficient (Wildman–Crippen LogP) is 8.50. The largest absolute Gasteiger partial charge is 0.494 e. The smallest absolute Gasteiger partial charge is 0.272 e. The zero-order valence-corrected chi connectivity index (χ0v) is 31.8. The average molecular weight is 756 g/mol. The van der Waals surface area contributed by atoms with Crippen molar-refractivity contribution in [1.82, 2.24) is 10.2 Å². The SMILES string of the molecule is CCOc1ccc(/C=C(/NC(=O)c2ccccc2)C(=O)Nc2cccc(SC(CC)C(=O)Nc3sc4c(c3C#N)CCN(Cc3ccccc3)C4)c2)cc1. The fourth-order valence-electron chi connectivity index (χ4n) is 6.10. The van der Waals surface area contributed by atoms with Crippen LogP contribution < -0.4 is 20.7 Å². The molecular formula is C43H41N5O4S2. The third-order valence-corrected chi connectivity index (χ3v) is 11.3. The molecule has 0 fully saturated rings. The maximum absolute atomic E-state index is 13.7. The van der Waals surface area contributed by atoms with Crippen LogP contribution in [0.5, 0.6) is 5.75 Å². The highest BCUT2D eigenvalue weighted by Crippen LogP contribution is 2.38. The van der Waals surface area contributed by atoms with Gasteiger partial charge < -0.3 is 20.7 Å². The molecule has 3 N–H and O–H groups in total. The first-order valence-electron chi connectivity index (χ1n) is 17.8. The molecule has 3 amide bonds. The number of fused-ring (bicyclic) bond motifs is 1. The Kier molecular flexibility index (Phi) is 13.0. The summed E-state index contributed by atoms with van der Waals surface area (Å²) >= 11 is 2.87. The minimum atomic E-state index is -0.506. The van der Waals surface area contributed by atoms with Crippen LogP contribution in [0.25, 0.3) is 6.08 Å². The molecule has 1 aliphatic rings. The number of carbonyl (C=O) groups excluding carboxylic acids is 3. The lowest BCUT2D eigenvalue weighted by Gasteiger charge is -2.26. The number of benzene rings is 4. The summed E-state index contributed by atoms with van der Waals surface area (Å²) in [4.78, 5) is 44.7. The normalized spacial score (nSPS) is 13.2. The highest BCUT2D eigenvalue weighted by atomic mass is 32.2. The summed E-state index contributed by atoms with van der Waals surface area (Å²) in [5.74, 6) is -0.404. The molecule has 274 valence electrons. The number of nitrogens with zero attached hydrogens (tertiary/aromatic N) is 2. The molecule has 1 aromatic heterocycles. The standard InChI is InChI=1S/C43H41N5O4S2/c1-3-38(42(51)47-43-36(26-44)35-22-23-48(28-39(35)54-43)27-30-12-7-5-8-13-30)53-34-17-11-16-32(25-34)45-41(50)37(46-40(49)31-14-9-6-10-15-31)24-29-18-20-33(21-19-29)52-4-2/h5-21,24-25,38H,3-4,22-23,27-28H2,1-2H3,(H,45,50)(H,46,49)(H,47,51)/b37-24+. The second-order valence-electron chi connectivity index (χ2n) is 12.6. The monoisotopic (exact) mass is 755 g/mol. The van der Waals surface area contributed by atoms with E-state index in [0.29, 0.717) is 46.2 Å². The van der Waals surface area contributed by atoms with Gasteiger partial charge in [0.1, 0.15) is 22.5 Å². The summed E-state index contributed by atoms with van der Waals surface area (Å²) in [6.07, 6.45) is 2.92. The number of carbonyl (C=O) groups is 3. The minimum absolute atomic E-state index is 0.0620. The van der Waals surface area contributed by atoms with Crippen molar-refractivity contribution < 1.29 is 19.1 Å². The van der Waals surface area contributed by atoms with Gasteiger partial charge in [0.05, 0.1) is 17.4 Å². The number of thioether (sulfide) groups is 1. The Morgan fingerprint density at radius 1 is 0.944 bits per heavy atom. The van der Waals surface area contributed by atoms with Crippen LogP contribution in [0.3, 0.4) is 0 Å². The van der Waals surface area contributed by atoms with Crippen molar-refractivity contribution in [2.24, 2.45) is 0 Å². The topological polar surface area (TPSA) is 124 Å². The number of anilines is 2. The van der Waals surface area contributed by atoms with Gasteiger partial charge in [-0.1, -0.05) is 73.7 Å². The zero-order valence-electron chi connectivity index (χ0n) is 30.1. The Balaban J connectivity index is 1.13. The van der Waals surface area contributed by atoms with Crippen LogP contribution >= 0.6 is 23.1 Å². The molecule has 1 unspecified atom stereocenters. The fourth-order valence-corrected chi connectivity index (χ4v) is 8.36. The van der Waals surface area contributed by atoms with E-state index in [1.165, 1.54) is 28.7 Å². The van der Waals surface area contributed by atoms with Crippen LogP contribution in [0.4, 0.5) is 10.7 Å². The van der Waals surface area contributed by atoms with Crippen LogP contribution in [-0.4, -0.2) is 41.0 Å². The fraction of sp³-hybridized carbons (Fsp3) is 0.209. The lowest BCUT2D eigenvalue weighted by molar-refractivity contribution is -0.116. The number of hydrogen-bond donors (Lipinski definition) is 3. The Hall–Kier alpha value is -5.67. The van der Waals surface area contributed by atoms with Crippen LogP contribution in [-0.2, 0) is 29.1 Å². The maximum Gasteiger partial charge on any atom is 0.272 e. The lowest BCUT2D eigenvalue weighted by atomic mass is 10.0. The Bertz CT molecular complexity index is 2160. The highest BCUT2D eigenvalue weighted by molar-refractivity contribution is 8.00. The number of rotatable bonds is 14. The molecule has 5 aromatic rings. The molecule has 0 aliphatic carbocycles. The quantitative estimate of drug-likeness (QED) is 0.0768. The van der Waals surface area contributed by atoms with E-state index in [4.69, 9.17) is 4.74 Å². The average Bonchev–Trinajstić information content (AvgIpc) is 3.54. The van der Waals surface area contributed by atoms with Gasteiger partial charge in [0.25, 0.3) is 11.8 Å². The molecule has 4 aromatic carbocycles. The summed E-state index contributed by atoms with van der Waals surface area (Å²) in [6, 6.07) is 35.9. The van der Waals surface area contributed by atoms with E-state index < -0.39 is 17.1 Å². The summed E-state index contributed by atoms with van der Waals surface area (Å²) in [6.45, 7) is 6.80. The molecular weight excluding hydrogens is 715 g/mol. The molecule has 54 heavy (non-hydrogen) atoms. The van der Waals surface area contributed by atoms with Gasteiger partial charge in [0.2, 0.25) is 5.91 Å². The lowest BCUT2D eigenvalue weighted by Crippen LogP contribution is -2.30. The van der Waals surface area contributed by atoms with Gasteiger partial charge >= 0.3 is 0 Å². The van der Waals surface area contributed by atoms with Crippen LogP contribution in [0.2, 0.25) is 0 Å². The summed E-state index contributed by atoms with van der Waals surface area (Å²) < 4.78 is 5.54. The number of ether oxygens (including phenoxy) is 1. The van der Waals surface area contributed by atoms with Crippen molar-refractivity contribution in [3.8, 4) is 11.8 Å². The van der Waals surface area contributed by atoms with Crippen molar-refractivity contribution in [2.45, 2.75) is 49.9 Å². The molecule has 1 atom stereocenters. The first-order chi connectivity index (χ1) is 26.3. The van der Waals surface area contributed by atoms with E-state index in [2.05, 4.69) is 39.1 Å². The van der Waals surface area contributed by atoms with E-state index in [0.717, 1.165) is 41.4 Å². The van der Waals surface area contributed by atoms with Gasteiger partial charge in [-0.15, -0.1) is 23.1 Å². The van der Waals surface area contributed by atoms with Gasteiger partial charge in [0.15, 0.2) is 0 Å². The van der Waals surface area contributed by atoms with Crippen LogP contribution in [0, 0.1) is 11.3 Å². The highest BCUT2D eigenvalue weighted by Gasteiger charge is 2.27. The molecule has 6 rings (SSSR count). The number of nitriles is 1. The minimum Gasteiger partial charge on any atom is -0.494 e. The molecule has 11 heteroatoms. The Morgan fingerprint density at radius 3 is 2.39 bits per heavy atom. The maximum atomic E-state index is 13.7. The number of hydrogen-bond acceptors (Lipinski definition) is 8. The van der Waals surface area contributed by atoms with Gasteiger partial charge in [-0.05, 0) is 85.0 Å². The van der Waals surface area contributed by atoms with Crippen molar-refractivity contribution in [2.75, 3.05) is 23.8 Å². The van der Waals surface area contributed by atoms with Crippen molar-refractivity contribution in [3.63, 3.8) is 0 Å². The Labute approximate surface area is 324 Å². The van der Waals surface area contributed by atoms with E-state index in [1.54, 1.807) is 54.6 Å². The molecule has 0 spiro atoms. The van der Waals surface area contributed by atoms with E-state index in [-0.39, 0.29) is 11.6 Å². The number of nitrogens with one attached hydrogen (secondary N) is 3. The summed E-state index contributed by atoms with van der Waals surface area (Å²) in [5.41, 5.74) is 4.52. The van der Waals surface area contributed by atoms with Crippen molar-refractivity contribution in [1.29, 1.82) is 5.26 Å². The van der Waals surface area contributed by atoms with Gasteiger partial charge in [0, 0.05) is 40.7 Å². The Morgan fingerprint density at radius 2 is 1.69 bits per heavy atom. The van der Waals surface area contributed by atoms with Crippen molar-refractivity contribution >= 4 is 57.6 Å².